The fraction of sp³-hybridized carbons (Fsp3) is 1.00. The summed E-state index contributed by atoms with van der Waals surface area (Å²) < 4.78 is 52.0. The van der Waals surface area contributed by atoms with Gasteiger partial charge in [0, 0.05) is 22.5 Å². The molecule has 0 amide bonds. The molecule has 0 heterocycles. The third-order valence-corrected chi connectivity index (χ3v) is 2.34. The minimum atomic E-state index is -5.18. The summed E-state index contributed by atoms with van der Waals surface area (Å²) in [5.41, 5.74) is 0. The SMILES string of the molecule is O=S(=O)(Cl)N(Cl)C(F)(F)F. The molecule has 0 bridgehead atoms. The molecule has 0 spiro atoms. The van der Waals surface area contributed by atoms with Crippen molar-refractivity contribution in [3.63, 3.8) is 0 Å². The van der Waals surface area contributed by atoms with Gasteiger partial charge in [-0.1, -0.05) is 0 Å². The van der Waals surface area contributed by atoms with Crippen molar-refractivity contribution in [3.05, 3.63) is 0 Å². The molecule has 0 fully saturated rings. The smallest absolute Gasteiger partial charge is 0.193 e. The van der Waals surface area contributed by atoms with Crippen molar-refractivity contribution in [2.24, 2.45) is 0 Å². The van der Waals surface area contributed by atoms with Crippen LogP contribution in [0.5, 0.6) is 0 Å². The Kier molecular flexibility index (Phi) is 2.80. The van der Waals surface area contributed by atoms with E-state index in [-0.39, 0.29) is 0 Å². The van der Waals surface area contributed by atoms with Gasteiger partial charge in [0.25, 0.3) is 0 Å². The van der Waals surface area contributed by atoms with E-state index in [0.29, 0.717) is 0 Å². The summed E-state index contributed by atoms with van der Waals surface area (Å²) in [5, 5.41) is 0. The van der Waals surface area contributed by atoms with Gasteiger partial charge >= 0.3 is 15.5 Å². The van der Waals surface area contributed by atoms with Crippen LogP contribution in [0, 0.1) is 0 Å². The molecule has 0 aliphatic rings. The Bertz CT molecular complexity index is 209. The Morgan fingerprint density at radius 2 is 1.60 bits per heavy atom. The van der Waals surface area contributed by atoms with Crippen LogP contribution >= 0.6 is 22.5 Å². The molecule has 0 saturated heterocycles. The summed E-state index contributed by atoms with van der Waals surface area (Å²) in [6.07, 6.45) is -5.18. The quantitative estimate of drug-likeness (QED) is 0.379. The number of rotatable bonds is 1. The first-order valence-electron chi connectivity index (χ1n) is 1.63. The second kappa shape index (κ2) is 2.72. The Labute approximate surface area is 64.0 Å². The van der Waals surface area contributed by atoms with Crippen LogP contribution in [0.2, 0.25) is 0 Å². The summed E-state index contributed by atoms with van der Waals surface area (Å²) >= 11 is 4.22. The Morgan fingerprint density at radius 1 is 1.30 bits per heavy atom. The van der Waals surface area contributed by atoms with E-state index in [1.54, 1.807) is 0 Å². The van der Waals surface area contributed by atoms with Gasteiger partial charge in [-0.25, -0.2) is 0 Å². The molecule has 0 aliphatic carbocycles. The topological polar surface area (TPSA) is 37.4 Å². The van der Waals surface area contributed by atoms with Gasteiger partial charge in [0.1, 0.15) is 0 Å². The molecule has 0 atom stereocenters. The van der Waals surface area contributed by atoms with Gasteiger partial charge in [-0.2, -0.15) is 21.6 Å². The minimum absolute atomic E-state index is 1.42. The molecule has 10 heavy (non-hydrogen) atoms. The maximum absolute atomic E-state index is 11.3. The first-order valence-corrected chi connectivity index (χ1v) is 4.23. The van der Waals surface area contributed by atoms with Crippen LogP contribution in [0.3, 0.4) is 0 Å². The molecule has 0 N–H and O–H groups in total. The lowest BCUT2D eigenvalue weighted by atomic mass is 11.2. The van der Waals surface area contributed by atoms with E-state index in [0.717, 1.165) is 0 Å². The van der Waals surface area contributed by atoms with Gasteiger partial charge in [-0.15, -0.1) is 0 Å². The minimum Gasteiger partial charge on any atom is -0.193 e. The van der Waals surface area contributed by atoms with E-state index >= 15 is 0 Å². The molecular weight excluding hydrogens is 218 g/mol. The van der Waals surface area contributed by atoms with E-state index < -0.39 is 19.4 Å². The second-order valence-electron chi connectivity index (χ2n) is 1.12. The van der Waals surface area contributed by atoms with Gasteiger partial charge < -0.3 is 0 Å². The maximum atomic E-state index is 11.3. The second-order valence-corrected chi connectivity index (χ2v) is 4.02. The van der Waals surface area contributed by atoms with Crippen LogP contribution in [0.25, 0.3) is 0 Å². The van der Waals surface area contributed by atoms with E-state index in [4.69, 9.17) is 0 Å². The van der Waals surface area contributed by atoms with Gasteiger partial charge in [0.15, 0.2) is 0 Å². The average molecular weight is 218 g/mol. The lowest BCUT2D eigenvalue weighted by molar-refractivity contribution is -0.181. The van der Waals surface area contributed by atoms with Gasteiger partial charge in [-0.05, 0) is 3.82 Å². The van der Waals surface area contributed by atoms with E-state index in [1.165, 1.54) is 0 Å². The molecular formula is CCl2F3NO2S. The first kappa shape index (κ1) is 10.3. The zero-order valence-electron chi connectivity index (χ0n) is 4.06. The summed E-state index contributed by atoms with van der Waals surface area (Å²) in [6.45, 7) is 0. The predicted octanol–water partition coefficient (Wildman–Crippen LogP) is 1.45. The zero-order valence-corrected chi connectivity index (χ0v) is 6.39. The number of hydrogen-bond acceptors (Lipinski definition) is 2. The van der Waals surface area contributed by atoms with E-state index in [2.05, 4.69) is 22.5 Å². The molecule has 0 unspecified atom stereocenters. The lowest BCUT2D eigenvalue weighted by Crippen LogP contribution is -2.31. The molecule has 0 aromatic carbocycles. The molecule has 62 valence electrons. The molecule has 0 aliphatic heterocycles. The molecule has 0 radical (unpaired) electrons. The molecule has 0 saturated carbocycles. The monoisotopic (exact) mass is 217 g/mol. The molecule has 0 rings (SSSR count). The first-order chi connectivity index (χ1) is 4.15. The highest BCUT2D eigenvalue weighted by atomic mass is 35.7. The fourth-order valence-corrected chi connectivity index (χ4v) is 0.606. The fourth-order valence-electron chi connectivity index (χ4n) is 0.124. The summed E-state index contributed by atoms with van der Waals surface area (Å²) in [6, 6.07) is 0. The normalized spacial score (nSPS) is 14.2. The zero-order chi connectivity index (χ0) is 8.58. The van der Waals surface area contributed by atoms with Crippen LogP contribution in [0.15, 0.2) is 0 Å². The number of halogens is 5. The predicted molar refractivity (Wildman–Crippen MR) is 28.5 cm³/mol. The standard InChI is InChI=1S/CCl2F3NO2S/c2-7(1(4,5)6)10(3,8)9. The Balaban J connectivity index is 4.56. The van der Waals surface area contributed by atoms with Gasteiger partial charge in [0.05, 0.1) is 0 Å². The largest absolute Gasteiger partial charge is 0.488 e. The Morgan fingerprint density at radius 3 is 1.60 bits per heavy atom. The van der Waals surface area contributed by atoms with Crippen molar-refractivity contribution >= 4 is 31.7 Å². The lowest BCUT2D eigenvalue weighted by Gasteiger charge is -2.11. The Hall–Kier alpha value is 0.280. The summed E-state index contributed by atoms with van der Waals surface area (Å²) in [7, 11) is -0.700. The van der Waals surface area contributed by atoms with Crippen LogP contribution in [-0.4, -0.2) is 18.5 Å². The molecule has 3 nitrogen and oxygen atoms in total. The van der Waals surface area contributed by atoms with Crippen LogP contribution in [0.4, 0.5) is 13.2 Å². The van der Waals surface area contributed by atoms with Crippen molar-refractivity contribution in [1.82, 2.24) is 3.82 Å². The summed E-state index contributed by atoms with van der Waals surface area (Å²) in [4.78, 5) is 0. The van der Waals surface area contributed by atoms with Crippen molar-refractivity contribution < 1.29 is 21.6 Å². The highest BCUT2D eigenvalue weighted by Gasteiger charge is 2.44. The third-order valence-electron chi connectivity index (χ3n) is 0.391. The highest BCUT2D eigenvalue weighted by Crippen LogP contribution is 2.28. The average Bonchev–Trinajstić information content (AvgIpc) is 1.59. The van der Waals surface area contributed by atoms with Crippen molar-refractivity contribution in [1.29, 1.82) is 0 Å². The van der Waals surface area contributed by atoms with Gasteiger partial charge in [-0.3, -0.25) is 0 Å². The number of nitrogens with zero attached hydrogens (tertiary/aromatic N) is 1. The molecule has 0 aromatic heterocycles. The number of alkyl halides is 3. The maximum Gasteiger partial charge on any atom is 0.488 e. The van der Waals surface area contributed by atoms with Crippen LogP contribution in [0.1, 0.15) is 0 Å². The van der Waals surface area contributed by atoms with Gasteiger partial charge in [0.2, 0.25) is 0 Å². The van der Waals surface area contributed by atoms with Crippen molar-refractivity contribution in [2.45, 2.75) is 6.30 Å². The van der Waals surface area contributed by atoms with Crippen molar-refractivity contribution in [2.75, 3.05) is 0 Å². The summed E-state index contributed by atoms with van der Waals surface area (Å²) in [5.74, 6) is 0. The number of hydrogen-bond donors (Lipinski definition) is 0. The molecule has 9 heteroatoms. The van der Waals surface area contributed by atoms with Crippen molar-refractivity contribution in [3.8, 4) is 0 Å². The highest BCUT2D eigenvalue weighted by molar-refractivity contribution is 8.12. The molecule has 0 aromatic rings. The van der Waals surface area contributed by atoms with Crippen LogP contribution < -0.4 is 0 Å². The van der Waals surface area contributed by atoms with Crippen LogP contribution in [-0.2, 0) is 9.24 Å². The van der Waals surface area contributed by atoms with E-state index in [9.17, 15) is 21.6 Å². The third kappa shape index (κ3) is 2.91. The van der Waals surface area contributed by atoms with E-state index in [1.807, 2.05) is 0 Å².